The molecule has 0 fully saturated rings. The first kappa shape index (κ1) is 29.5. The minimum absolute atomic E-state index is 0.0393. The summed E-state index contributed by atoms with van der Waals surface area (Å²) >= 11 is 20.7. The Morgan fingerprint density at radius 2 is 1.60 bits per heavy atom. The Bertz CT molecular complexity index is 1130. The Kier molecular flexibility index (Phi) is 9.72. The zero-order chi connectivity index (χ0) is 26.7. The lowest BCUT2D eigenvalue weighted by Gasteiger charge is -2.19. The molecule has 1 amide bonds. The fourth-order valence-electron chi connectivity index (χ4n) is 2.93. The van der Waals surface area contributed by atoms with Gasteiger partial charge in [0.25, 0.3) is 0 Å². The van der Waals surface area contributed by atoms with E-state index < -0.39 is 42.9 Å². The molecular formula is C22H15BrCl3F6NO2. The molecule has 2 aromatic rings. The molecule has 1 unspecified atom stereocenters. The van der Waals surface area contributed by atoms with Crippen molar-refractivity contribution in [2.45, 2.75) is 24.7 Å². The maximum Gasteiger partial charge on any atom is 0.399 e. The average molecular weight is 626 g/mol. The summed E-state index contributed by atoms with van der Waals surface area (Å²) in [6, 6.07) is 6.11. The molecule has 0 radical (unpaired) electrons. The molecule has 35 heavy (non-hydrogen) atoms. The summed E-state index contributed by atoms with van der Waals surface area (Å²) in [5.41, 5.74) is 0.0957. The highest BCUT2D eigenvalue weighted by Crippen LogP contribution is 2.41. The summed E-state index contributed by atoms with van der Waals surface area (Å²) in [5, 5.41) is -0.348. The topological polar surface area (TPSA) is 37.4 Å². The second-order valence-electron chi connectivity index (χ2n) is 7.38. The van der Waals surface area contributed by atoms with Crippen LogP contribution in [-0.4, -0.2) is 42.5 Å². The van der Waals surface area contributed by atoms with Crippen LogP contribution in [0.1, 0.15) is 33.8 Å². The fraction of sp³-hybridized carbons (Fsp3) is 0.273. The molecule has 13 heteroatoms. The predicted molar refractivity (Wildman–Crippen MR) is 126 cm³/mol. The number of allylic oxidation sites excluding steroid dienone is 1. The van der Waals surface area contributed by atoms with Crippen molar-refractivity contribution < 1.29 is 35.9 Å². The number of amides is 1. The number of carbonyl (C=O) groups excluding carboxylic acids is 2. The molecule has 190 valence electrons. The van der Waals surface area contributed by atoms with Crippen LogP contribution >= 0.6 is 50.7 Å². The van der Waals surface area contributed by atoms with Crippen LogP contribution in [0.5, 0.6) is 0 Å². The minimum atomic E-state index is -4.71. The molecule has 0 heterocycles. The molecule has 0 saturated heterocycles. The lowest BCUT2D eigenvalue weighted by Crippen LogP contribution is -2.35. The van der Waals surface area contributed by atoms with Crippen molar-refractivity contribution in [3.63, 3.8) is 0 Å². The molecule has 0 saturated carbocycles. The van der Waals surface area contributed by atoms with Crippen LogP contribution in [0.3, 0.4) is 0 Å². The highest BCUT2D eigenvalue weighted by molar-refractivity contribution is 9.10. The van der Waals surface area contributed by atoms with Gasteiger partial charge >= 0.3 is 12.4 Å². The van der Waals surface area contributed by atoms with Crippen molar-refractivity contribution in [3.8, 4) is 0 Å². The van der Waals surface area contributed by atoms with Crippen LogP contribution in [-0.2, 0) is 4.79 Å². The second kappa shape index (κ2) is 11.5. The Labute approximate surface area is 219 Å². The summed E-state index contributed by atoms with van der Waals surface area (Å²) in [5.74, 6) is -4.01. The number of nitrogens with zero attached hydrogens (tertiary/aromatic N) is 1. The van der Waals surface area contributed by atoms with E-state index >= 15 is 0 Å². The highest BCUT2D eigenvalue weighted by atomic mass is 79.9. The summed E-state index contributed by atoms with van der Waals surface area (Å²) < 4.78 is 78.3. The van der Waals surface area contributed by atoms with Gasteiger partial charge in [0.15, 0.2) is 5.78 Å². The van der Waals surface area contributed by atoms with Gasteiger partial charge in [0.1, 0.15) is 6.42 Å². The Hall–Kier alpha value is -1.75. The maximum absolute atomic E-state index is 13.7. The number of hydrogen-bond donors (Lipinski definition) is 0. The van der Waals surface area contributed by atoms with Gasteiger partial charge in [-0.1, -0.05) is 69.0 Å². The number of ketones is 1. The van der Waals surface area contributed by atoms with Gasteiger partial charge in [-0.3, -0.25) is 9.59 Å². The van der Waals surface area contributed by atoms with Gasteiger partial charge in [-0.05, 0) is 35.4 Å². The summed E-state index contributed by atoms with van der Waals surface area (Å²) in [7, 11) is 1.06. The Morgan fingerprint density at radius 3 is 2.09 bits per heavy atom. The molecule has 0 spiro atoms. The lowest BCUT2D eigenvalue weighted by molar-refractivity contribution is -0.160. The lowest BCUT2D eigenvalue weighted by atomic mass is 9.96. The summed E-state index contributed by atoms with van der Waals surface area (Å²) in [4.78, 5) is 24.7. The van der Waals surface area contributed by atoms with Crippen LogP contribution in [0.15, 0.2) is 40.9 Å². The normalized spacial score (nSPS) is 13.2. The number of rotatable bonds is 7. The molecule has 0 N–H and O–H groups in total. The molecule has 0 aliphatic heterocycles. The quantitative estimate of drug-likeness (QED) is 0.176. The third-order valence-electron chi connectivity index (χ3n) is 4.65. The van der Waals surface area contributed by atoms with Gasteiger partial charge < -0.3 is 4.90 Å². The van der Waals surface area contributed by atoms with Crippen molar-refractivity contribution in [2.75, 3.05) is 13.6 Å². The van der Waals surface area contributed by atoms with Crippen LogP contribution in [0, 0.1) is 0 Å². The highest BCUT2D eigenvalue weighted by Gasteiger charge is 2.39. The van der Waals surface area contributed by atoms with E-state index in [0.29, 0.717) is 4.90 Å². The van der Waals surface area contributed by atoms with E-state index in [9.17, 15) is 35.9 Å². The molecule has 2 rings (SSSR count). The van der Waals surface area contributed by atoms with Crippen molar-refractivity contribution in [1.82, 2.24) is 4.90 Å². The van der Waals surface area contributed by atoms with Gasteiger partial charge in [-0.25, -0.2) is 0 Å². The molecule has 0 aromatic heterocycles. The van der Waals surface area contributed by atoms with Crippen LogP contribution in [0.4, 0.5) is 26.3 Å². The Balaban J connectivity index is 2.24. The number of Topliss-reactive ketones (excluding diaryl/α,β-unsaturated/α-hetero) is 1. The van der Waals surface area contributed by atoms with Crippen molar-refractivity contribution in [2.24, 2.45) is 0 Å². The maximum atomic E-state index is 13.7. The number of likely N-dealkylation sites (N-methyl/N-ethyl adjacent to an activating group) is 1. The van der Waals surface area contributed by atoms with E-state index in [1.165, 1.54) is 24.3 Å². The van der Waals surface area contributed by atoms with Crippen molar-refractivity contribution >= 4 is 68.5 Å². The standard InChI is InChI=1S/C22H15BrCl3F6NO2/c1-33(19(35)9-21(27,28)29)10-18(34)13-4-2-11(6-15(13)23)3-5-14(22(30,31)32)12-7-16(24)20(26)17(25)8-12/h2-8,14H,9-10H2,1H3/b5-3+. The van der Waals surface area contributed by atoms with Gasteiger partial charge in [0.05, 0.1) is 27.5 Å². The van der Waals surface area contributed by atoms with E-state index in [-0.39, 0.29) is 36.2 Å². The molecule has 0 aliphatic carbocycles. The SMILES string of the molecule is CN(CC(=O)c1ccc(/C=C/C(c2cc(Cl)c(Cl)c(Cl)c2)C(F)(F)F)cc1Br)C(=O)CC(F)(F)F. The second-order valence-corrected chi connectivity index (χ2v) is 9.43. The minimum Gasteiger partial charge on any atom is -0.338 e. The fourth-order valence-corrected chi connectivity index (χ4v) is 4.16. The molecule has 0 bridgehead atoms. The molecular weight excluding hydrogens is 610 g/mol. The van der Waals surface area contributed by atoms with Crippen molar-refractivity contribution in [1.29, 1.82) is 0 Å². The third kappa shape index (κ3) is 8.41. The van der Waals surface area contributed by atoms with Crippen molar-refractivity contribution in [3.05, 3.63) is 72.6 Å². The first-order valence-corrected chi connectivity index (χ1v) is 11.4. The van der Waals surface area contributed by atoms with Crippen LogP contribution in [0.2, 0.25) is 15.1 Å². The zero-order valence-electron chi connectivity index (χ0n) is 17.6. The molecule has 2 aromatic carbocycles. The molecule has 1 atom stereocenters. The first-order chi connectivity index (χ1) is 16.0. The van der Waals surface area contributed by atoms with E-state index in [4.69, 9.17) is 34.8 Å². The third-order valence-corrected chi connectivity index (χ3v) is 6.50. The van der Waals surface area contributed by atoms with E-state index in [1.807, 2.05) is 0 Å². The number of halogens is 10. The number of carbonyl (C=O) groups is 2. The number of hydrogen-bond acceptors (Lipinski definition) is 2. The first-order valence-electron chi connectivity index (χ1n) is 9.52. The van der Waals surface area contributed by atoms with Gasteiger partial charge in [-0.2, -0.15) is 26.3 Å². The zero-order valence-corrected chi connectivity index (χ0v) is 21.4. The number of alkyl halides is 6. The van der Waals surface area contributed by atoms with Crippen LogP contribution < -0.4 is 0 Å². The van der Waals surface area contributed by atoms with Gasteiger partial charge in [-0.15, -0.1) is 0 Å². The van der Waals surface area contributed by atoms with Gasteiger partial charge in [0, 0.05) is 17.1 Å². The monoisotopic (exact) mass is 623 g/mol. The van der Waals surface area contributed by atoms with E-state index in [0.717, 1.165) is 25.3 Å². The Morgan fingerprint density at radius 1 is 1.03 bits per heavy atom. The van der Waals surface area contributed by atoms with E-state index in [2.05, 4.69) is 15.9 Å². The summed E-state index contributed by atoms with van der Waals surface area (Å²) in [6.45, 7) is -0.614. The smallest absolute Gasteiger partial charge is 0.338 e. The number of benzene rings is 2. The van der Waals surface area contributed by atoms with Gasteiger partial charge in [0.2, 0.25) is 5.91 Å². The molecule has 0 aliphatic rings. The summed E-state index contributed by atoms with van der Waals surface area (Å²) in [6.07, 6.45) is -9.04. The average Bonchev–Trinajstić information content (AvgIpc) is 2.69. The predicted octanol–water partition coefficient (Wildman–Crippen LogP) is 8.36. The largest absolute Gasteiger partial charge is 0.399 e. The van der Waals surface area contributed by atoms with Crippen LogP contribution in [0.25, 0.3) is 6.08 Å². The molecule has 3 nitrogen and oxygen atoms in total. The van der Waals surface area contributed by atoms with E-state index in [1.54, 1.807) is 0 Å².